The van der Waals surface area contributed by atoms with Gasteiger partial charge in [-0.1, -0.05) is 47.7 Å². The summed E-state index contributed by atoms with van der Waals surface area (Å²) in [5.41, 5.74) is -0.531. The van der Waals surface area contributed by atoms with Crippen molar-refractivity contribution in [2.75, 3.05) is 0 Å². The number of ether oxygens (including phenoxy) is 1. The van der Waals surface area contributed by atoms with Gasteiger partial charge >= 0.3 is 6.09 Å². The van der Waals surface area contributed by atoms with Crippen LogP contribution in [0.2, 0.25) is 23.7 Å². The van der Waals surface area contributed by atoms with E-state index in [1.165, 1.54) is 0 Å². The molecule has 1 N–H and O–H groups in total. The molecule has 0 saturated carbocycles. The van der Waals surface area contributed by atoms with E-state index in [2.05, 4.69) is 46.1 Å². The van der Waals surface area contributed by atoms with Gasteiger partial charge in [-0.25, -0.2) is 4.79 Å². The van der Waals surface area contributed by atoms with Gasteiger partial charge in [0, 0.05) is 5.54 Å². The van der Waals surface area contributed by atoms with Crippen LogP contribution in [0.15, 0.2) is 0 Å². The second-order valence-electron chi connectivity index (χ2n) is 8.94. The third-order valence-corrected chi connectivity index (χ3v) is 11.3. The molecular formula is C18H37NO3Si. The van der Waals surface area contributed by atoms with Crippen molar-refractivity contribution in [1.29, 1.82) is 0 Å². The van der Waals surface area contributed by atoms with Crippen molar-refractivity contribution in [1.82, 2.24) is 5.32 Å². The van der Waals surface area contributed by atoms with Crippen molar-refractivity contribution >= 4 is 20.0 Å². The number of hydrogen-bond acceptors (Lipinski definition) is 3. The molecule has 0 aliphatic rings. The Hall–Kier alpha value is -0.843. The van der Waals surface area contributed by atoms with Crippen LogP contribution in [0, 0.1) is 0 Å². The van der Waals surface area contributed by atoms with Crippen LogP contribution in [0.1, 0.15) is 68.2 Å². The molecule has 0 aliphatic heterocycles. The van der Waals surface area contributed by atoms with Crippen LogP contribution in [0.5, 0.6) is 0 Å². The van der Waals surface area contributed by atoms with Gasteiger partial charge in [-0.3, -0.25) is 4.79 Å². The van der Waals surface area contributed by atoms with E-state index < -0.39 is 25.8 Å². The van der Waals surface area contributed by atoms with Gasteiger partial charge < -0.3 is 10.1 Å². The average molecular weight is 344 g/mol. The molecule has 0 saturated heterocycles. The van der Waals surface area contributed by atoms with E-state index in [-0.39, 0.29) is 16.4 Å². The zero-order valence-corrected chi connectivity index (χ0v) is 17.8. The van der Waals surface area contributed by atoms with Gasteiger partial charge in [0.25, 0.3) is 0 Å². The molecule has 0 fully saturated rings. The van der Waals surface area contributed by atoms with E-state index in [1.54, 1.807) is 0 Å². The second-order valence-corrected chi connectivity index (χ2v) is 14.6. The number of alkyl carbamates (subject to hydrolysis) is 1. The normalized spacial score (nSPS) is 15.7. The maximum Gasteiger partial charge on any atom is 0.408 e. The smallest absolute Gasteiger partial charge is 0.408 e. The Morgan fingerprint density at radius 2 is 1.48 bits per heavy atom. The van der Waals surface area contributed by atoms with Crippen molar-refractivity contribution in [3.8, 4) is 0 Å². The highest BCUT2D eigenvalue weighted by molar-refractivity contribution is 6.84. The van der Waals surface area contributed by atoms with Crippen LogP contribution < -0.4 is 5.32 Å². The molecule has 0 heterocycles. The number of carbonyl (C=O) groups excluding carboxylic acids is 2. The molecule has 136 valence electrons. The molecule has 4 nitrogen and oxygen atoms in total. The highest BCUT2D eigenvalue weighted by Gasteiger charge is 2.46. The van der Waals surface area contributed by atoms with E-state index >= 15 is 0 Å². The molecule has 0 unspecified atom stereocenters. The number of hydrogen-bond donors (Lipinski definition) is 1. The molecule has 0 bridgehead atoms. The summed E-state index contributed by atoms with van der Waals surface area (Å²) < 4.78 is 5.30. The molecule has 0 radical (unpaired) electrons. The third kappa shape index (κ3) is 6.28. The molecule has 0 aromatic rings. The van der Waals surface area contributed by atoms with Gasteiger partial charge in [0.05, 0.1) is 14.1 Å². The van der Waals surface area contributed by atoms with Crippen molar-refractivity contribution in [3.05, 3.63) is 0 Å². The lowest BCUT2D eigenvalue weighted by Crippen LogP contribution is -2.51. The summed E-state index contributed by atoms with van der Waals surface area (Å²) in [4.78, 5) is 25.1. The number of rotatable bonds is 6. The van der Waals surface area contributed by atoms with Gasteiger partial charge in [0.1, 0.15) is 5.60 Å². The van der Waals surface area contributed by atoms with Crippen molar-refractivity contribution in [2.45, 2.75) is 104 Å². The van der Waals surface area contributed by atoms with Crippen LogP contribution in [0.3, 0.4) is 0 Å². The Kier molecular flexibility index (Phi) is 7.53. The first-order valence-corrected chi connectivity index (χ1v) is 11.8. The third-order valence-electron chi connectivity index (χ3n) is 5.00. The number of carbonyl (C=O) groups is 2. The van der Waals surface area contributed by atoms with Crippen LogP contribution in [-0.2, 0) is 9.53 Å². The Labute approximate surface area is 143 Å². The van der Waals surface area contributed by atoms with Gasteiger partial charge in [0.2, 0.25) is 0 Å². The molecule has 23 heavy (non-hydrogen) atoms. The number of Topliss-reactive ketones (excluding diaryl/α,β-unsaturated/α-hetero) is 1. The number of nitrogens with one attached hydrogen (secondary N) is 1. The highest BCUT2D eigenvalue weighted by Crippen LogP contribution is 2.45. The summed E-state index contributed by atoms with van der Waals surface area (Å²) in [5, 5.41) is 2.91. The molecule has 0 aromatic carbocycles. The topological polar surface area (TPSA) is 55.4 Å². The van der Waals surface area contributed by atoms with E-state index in [4.69, 9.17) is 4.74 Å². The predicted octanol–water partition coefficient (Wildman–Crippen LogP) is 5.15. The summed E-state index contributed by atoms with van der Waals surface area (Å²) in [6.45, 7) is 20.7. The van der Waals surface area contributed by atoms with Crippen LogP contribution >= 0.6 is 0 Å². The first-order valence-electron chi connectivity index (χ1n) is 8.70. The Balaban J connectivity index is 5.23. The molecule has 5 heteroatoms. The molecule has 0 aliphatic carbocycles. The van der Waals surface area contributed by atoms with E-state index in [1.807, 2.05) is 27.7 Å². The minimum Gasteiger partial charge on any atom is -0.444 e. The monoisotopic (exact) mass is 343 g/mol. The Morgan fingerprint density at radius 3 is 1.78 bits per heavy atom. The fourth-order valence-corrected chi connectivity index (χ4v) is 5.64. The van der Waals surface area contributed by atoms with Crippen LogP contribution in [0.25, 0.3) is 0 Å². The summed E-state index contributed by atoms with van der Waals surface area (Å²) in [5.74, 6) is 0.160. The number of amides is 1. The standard InChI is InChI=1S/C18H37NO3Si/c1-11-13(19-16(21)22-17(3,4)5)15(20)14(12-2)23(9,10)18(6,7)8/h13-14H,11-12H2,1-10H3,(H,19,21)/t13-,14+/m0/s1. The predicted molar refractivity (Wildman–Crippen MR) is 99.7 cm³/mol. The fourth-order valence-electron chi connectivity index (χ4n) is 2.66. The minimum atomic E-state index is -1.82. The summed E-state index contributed by atoms with van der Waals surface area (Å²) in [6.07, 6.45) is 0.896. The largest absolute Gasteiger partial charge is 0.444 e. The van der Waals surface area contributed by atoms with Gasteiger partial charge in [0.15, 0.2) is 5.78 Å². The number of ketones is 1. The van der Waals surface area contributed by atoms with Gasteiger partial charge in [-0.05, 0) is 38.7 Å². The molecule has 0 spiro atoms. The SMILES string of the molecule is CC[C@H](NC(=O)OC(C)(C)C)C(=O)[C@@H](CC)[Si](C)(C)C(C)(C)C. The Morgan fingerprint density at radius 1 is 1.00 bits per heavy atom. The molecule has 2 atom stereocenters. The van der Waals surface area contributed by atoms with Crippen molar-refractivity contribution in [3.63, 3.8) is 0 Å². The lowest BCUT2D eigenvalue weighted by atomic mass is 10.1. The maximum absolute atomic E-state index is 13.1. The summed E-state index contributed by atoms with van der Waals surface area (Å²) in [6, 6.07) is -0.469. The van der Waals surface area contributed by atoms with E-state index in [0.717, 1.165) is 6.42 Å². The van der Waals surface area contributed by atoms with Crippen LogP contribution in [0.4, 0.5) is 4.79 Å². The maximum atomic E-state index is 13.1. The molecule has 0 aromatic heterocycles. The molecular weight excluding hydrogens is 306 g/mol. The van der Waals surface area contributed by atoms with Gasteiger partial charge in [-0.2, -0.15) is 0 Å². The summed E-state index contributed by atoms with van der Waals surface area (Å²) in [7, 11) is -1.82. The fraction of sp³-hybridized carbons (Fsp3) is 0.889. The van der Waals surface area contributed by atoms with Crippen molar-refractivity contribution < 1.29 is 14.3 Å². The lowest BCUT2D eigenvalue weighted by molar-refractivity contribution is -0.121. The molecule has 0 rings (SSSR count). The zero-order valence-electron chi connectivity index (χ0n) is 16.8. The second kappa shape index (κ2) is 7.82. The lowest BCUT2D eigenvalue weighted by Gasteiger charge is -2.43. The van der Waals surface area contributed by atoms with E-state index in [0.29, 0.717) is 6.42 Å². The quantitative estimate of drug-likeness (QED) is 0.679. The molecule has 1 amide bonds. The Bertz CT molecular complexity index is 419. The summed E-state index contributed by atoms with van der Waals surface area (Å²) >= 11 is 0. The zero-order chi connectivity index (χ0) is 18.6. The average Bonchev–Trinajstić information content (AvgIpc) is 2.32. The van der Waals surface area contributed by atoms with Gasteiger partial charge in [-0.15, -0.1) is 0 Å². The van der Waals surface area contributed by atoms with Crippen molar-refractivity contribution in [2.24, 2.45) is 0 Å². The van der Waals surface area contributed by atoms with Crippen LogP contribution in [-0.4, -0.2) is 31.6 Å². The first kappa shape index (κ1) is 22.2. The first-order chi connectivity index (χ1) is 10.2. The van der Waals surface area contributed by atoms with E-state index in [9.17, 15) is 9.59 Å². The minimum absolute atomic E-state index is 0.0300. The highest BCUT2D eigenvalue weighted by atomic mass is 28.3.